The topological polar surface area (TPSA) is 56.8 Å². The standard InChI is InChI=1S/C8H8O2.N/c1-10-8(9)7-5-3-2-4-6-7;/h2-6H,1H3;. The third-order valence-electron chi connectivity index (χ3n) is 1.19. The minimum atomic E-state index is -0.291. The number of rotatable bonds is 1. The summed E-state index contributed by atoms with van der Waals surface area (Å²) in [5.41, 5.74) is 0.588. The Bertz CT molecular complexity index is 221. The number of nitrogens with zero attached hydrogens (tertiary/aromatic N) is 1. The molecule has 3 heteroatoms. The van der Waals surface area contributed by atoms with Gasteiger partial charge in [0.05, 0.1) is 12.7 Å². The monoisotopic (exact) mass is 150 g/mol. The lowest BCUT2D eigenvalue weighted by atomic mass is 10.2. The molecule has 0 atom stereocenters. The number of ether oxygens (including phenoxy) is 1. The second-order valence-corrected chi connectivity index (χ2v) is 1.86. The third kappa shape index (κ3) is 2.39. The van der Waals surface area contributed by atoms with Gasteiger partial charge < -0.3 is 4.74 Å². The molecule has 1 aromatic rings. The minimum Gasteiger partial charge on any atom is -0.465 e. The molecule has 0 heterocycles. The Morgan fingerprint density at radius 2 is 1.82 bits per heavy atom. The summed E-state index contributed by atoms with van der Waals surface area (Å²) in [5.74, 6) is -0.291. The molecule has 0 aliphatic carbocycles. The van der Waals surface area contributed by atoms with E-state index in [2.05, 4.69) is 4.74 Å². The molecule has 0 amide bonds. The first-order valence-electron chi connectivity index (χ1n) is 2.98. The van der Waals surface area contributed by atoms with E-state index in [-0.39, 0.29) is 12.1 Å². The first-order valence-corrected chi connectivity index (χ1v) is 2.98. The van der Waals surface area contributed by atoms with Crippen LogP contribution in [0, 0.1) is 0 Å². The van der Waals surface area contributed by atoms with Gasteiger partial charge in [0.1, 0.15) is 0 Å². The van der Waals surface area contributed by atoms with Crippen LogP contribution >= 0.6 is 0 Å². The van der Waals surface area contributed by atoms with Crippen molar-refractivity contribution in [1.29, 1.82) is 0 Å². The van der Waals surface area contributed by atoms with Crippen LogP contribution in [0.1, 0.15) is 10.4 Å². The summed E-state index contributed by atoms with van der Waals surface area (Å²) in [4.78, 5) is 10.8. The fourth-order valence-electron chi connectivity index (χ4n) is 0.692. The highest BCUT2D eigenvalue weighted by Crippen LogP contribution is 1.98. The zero-order valence-corrected chi connectivity index (χ0v) is 6.15. The van der Waals surface area contributed by atoms with E-state index in [1.54, 1.807) is 24.3 Å². The fourth-order valence-corrected chi connectivity index (χ4v) is 0.692. The molecule has 0 aliphatic rings. The molecule has 0 fully saturated rings. The van der Waals surface area contributed by atoms with Crippen LogP contribution in [-0.4, -0.2) is 13.1 Å². The highest BCUT2D eigenvalue weighted by molar-refractivity contribution is 5.89. The molecular formula is C8H8NO2. The Kier molecular flexibility index (Phi) is 3.92. The number of benzene rings is 1. The normalized spacial score (nSPS) is 8.09. The van der Waals surface area contributed by atoms with Crippen LogP contribution in [0.2, 0.25) is 0 Å². The summed E-state index contributed by atoms with van der Waals surface area (Å²) in [6.07, 6.45) is 0. The molecule has 0 unspecified atom stereocenters. The van der Waals surface area contributed by atoms with Crippen molar-refractivity contribution in [2.45, 2.75) is 0 Å². The number of hydrogen-bond acceptors (Lipinski definition) is 2. The summed E-state index contributed by atoms with van der Waals surface area (Å²) in [6.45, 7) is 0. The Balaban J connectivity index is 0.000001000. The lowest BCUT2D eigenvalue weighted by molar-refractivity contribution is 0.0601. The smallest absolute Gasteiger partial charge is 0.337 e. The predicted octanol–water partition coefficient (Wildman–Crippen LogP) is 0.993. The molecule has 3 nitrogen and oxygen atoms in total. The molecule has 0 saturated carbocycles. The maximum absolute atomic E-state index is 10.8. The van der Waals surface area contributed by atoms with Crippen molar-refractivity contribution in [3.8, 4) is 0 Å². The van der Waals surface area contributed by atoms with Crippen LogP contribution in [0.3, 0.4) is 0 Å². The third-order valence-corrected chi connectivity index (χ3v) is 1.19. The molecular weight excluding hydrogens is 142 g/mol. The van der Waals surface area contributed by atoms with E-state index in [9.17, 15) is 4.79 Å². The number of hydrogen-bond donors (Lipinski definition) is 0. The molecule has 1 aromatic carbocycles. The Labute approximate surface area is 65.6 Å². The summed E-state index contributed by atoms with van der Waals surface area (Å²) < 4.78 is 4.50. The molecule has 0 spiro atoms. The minimum absolute atomic E-state index is 0. The van der Waals surface area contributed by atoms with Gasteiger partial charge in [-0.05, 0) is 12.1 Å². The van der Waals surface area contributed by atoms with Gasteiger partial charge in [0.15, 0.2) is 0 Å². The molecule has 0 N–H and O–H groups in total. The van der Waals surface area contributed by atoms with Gasteiger partial charge in [-0.15, -0.1) is 0 Å². The van der Waals surface area contributed by atoms with Crippen molar-refractivity contribution in [2.75, 3.05) is 7.11 Å². The summed E-state index contributed by atoms with van der Waals surface area (Å²) in [5, 5.41) is 0. The molecule has 3 radical (unpaired) electrons. The van der Waals surface area contributed by atoms with Crippen molar-refractivity contribution in [3.63, 3.8) is 0 Å². The van der Waals surface area contributed by atoms with E-state index >= 15 is 0 Å². The van der Waals surface area contributed by atoms with Crippen molar-refractivity contribution >= 4 is 5.97 Å². The van der Waals surface area contributed by atoms with Crippen molar-refractivity contribution in [3.05, 3.63) is 35.9 Å². The van der Waals surface area contributed by atoms with Crippen LogP contribution < -0.4 is 6.15 Å². The van der Waals surface area contributed by atoms with Gasteiger partial charge in [0, 0.05) is 6.15 Å². The maximum Gasteiger partial charge on any atom is 0.337 e. The van der Waals surface area contributed by atoms with Crippen LogP contribution in [0.25, 0.3) is 0 Å². The zero-order chi connectivity index (χ0) is 7.40. The zero-order valence-electron chi connectivity index (χ0n) is 6.15. The highest BCUT2D eigenvalue weighted by Gasteiger charge is 2.00. The van der Waals surface area contributed by atoms with Crippen molar-refractivity contribution < 1.29 is 9.53 Å². The molecule has 0 aromatic heterocycles. The van der Waals surface area contributed by atoms with E-state index in [1.807, 2.05) is 6.07 Å². The van der Waals surface area contributed by atoms with Gasteiger partial charge in [0.25, 0.3) is 0 Å². The SMILES string of the molecule is COC(=O)c1ccccc1.[N]. The summed E-state index contributed by atoms with van der Waals surface area (Å²) in [6, 6.07) is 8.88. The second kappa shape index (κ2) is 4.46. The van der Waals surface area contributed by atoms with E-state index in [1.165, 1.54) is 7.11 Å². The van der Waals surface area contributed by atoms with E-state index in [4.69, 9.17) is 0 Å². The summed E-state index contributed by atoms with van der Waals surface area (Å²) in [7, 11) is 1.37. The number of esters is 1. The molecule has 0 saturated heterocycles. The fraction of sp³-hybridized carbons (Fsp3) is 0.125. The largest absolute Gasteiger partial charge is 0.465 e. The van der Waals surface area contributed by atoms with Crippen LogP contribution in [0.15, 0.2) is 30.3 Å². The Hall–Kier alpha value is -1.35. The van der Waals surface area contributed by atoms with E-state index in [0.717, 1.165) is 0 Å². The lowest BCUT2D eigenvalue weighted by Gasteiger charge is -1.95. The van der Waals surface area contributed by atoms with Gasteiger partial charge in [0.2, 0.25) is 0 Å². The molecule has 1 rings (SSSR count). The molecule has 0 aliphatic heterocycles. The number of methoxy groups -OCH3 is 1. The maximum atomic E-state index is 10.8. The highest BCUT2D eigenvalue weighted by atomic mass is 16.5. The van der Waals surface area contributed by atoms with Gasteiger partial charge in [-0.2, -0.15) is 0 Å². The summed E-state index contributed by atoms with van der Waals surface area (Å²) >= 11 is 0. The van der Waals surface area contributed by atoms with Crippen LogP contribution in [0.5, 0.6) is 0 Å². The van der Waals surface area contributed by atoms with Crippen LogP contribution in [0.4, 0.5) is 0 Å². The van der Waals surface area contributed by atoms with Gasteiger partial charge in [-0.3, -0.25) is 0 Å². The van der Waals surface area contributed by atoms with Gasteiger partial charge in [-0.1, -0.05) is 18.2 Å². The van der Waals surface area contributed by atoms with Gasteiger partial charge in [-0.25, -0.2) is 4.79 Å². The molecule has 0 bridgehead atoms. The van der Waals surface area contributed by atoms with Crippen molar-refractivity contribution in [2.24, 2.45) is 0 Å². The lowest BCUT2D eigenvalue weighted by Crippen LogP contribution is -1.99. The first-order chi connectivity index (χ1) is 4.84. The quantitative estimate of drug-likeness (QED) is 0.560. The first kappa shape index (κ1) is 9.65. The number of carbonyl (C=O) groups is 1. The molecule has 57 valence electrons. The predicted molar refractivity (Wildman–Crippen MR) is 39.9 cm³/mol. The number of carbonyl (C=O) groups excluding carboxylic acids is 1. The average molecular weight is 150 g/mol. The Morgan fingerprint density at radius 3 is 2.27 bits per heavy atom. The second-order valence-electron chi connectivity index (χ2n) is 1.86. The Morgan fingerprint density at radius 1 is 1.27 bits per heavy atom. The van der Waals surface area contributed by atoms with Crippen molar-refractivity contribution in [1.82, 2.24) is 6.15 Å². The van der Waals surface area contributed by atoms with E-state index in [0.29, 0.717) is 5.56 Å². The average Bonchev–Trinajstić information content (AvgIpc) is 2.05. The van der Waals surface area contributed by atoms with E-state index < -0.39 is 0 Å². The molecule has 11 heavy (non-hydrogen) atoms. The van der Waals surface area contributed by atoms with Crippen LogP contribution in [-0.2, 0) is 4.74 Å². The van der Waals surface area contributed by atoms with Gasteiger partial charge >= 0.3 is 5.97 Å².